The van der Waals surface area contributed by atoms with Gasteiger partial charge in [-0.1, -0.05) is 36.4 Å². The lowest BCUT2D eigenvalue weighted by Gasteiger charge is -2.11. The van der Waals surface area contributed by atoms with E-state index in [4.69, 9.17) is 0 Å². The molecule has 0 unspecified atom stereocenters. The van der Waals surface area contributed by atoms with Crippen LogP contribution in [-0.2, 0) is 6.54 Å². The van der Waals surface area contributed by atoms with E-state index in [-0.39, 0.29) is 5.91 Å². The number of carbonyl (C=O) groups is 1. The summed E-state index contributed by atoms with van der Waals surface area (Å²) in [7, 11) is 0. The Hall–Kier alpha value is -2.97. The maximum atomic E-state index is 12.6. The summed E-state index contributed by atoms with van der Waals surface area (Å²) in [6, 6.07) is 16.8. The van der Waals surface area contributed by atoms with Gasteiger partial charge in [0.1, 0.15) is 0 Å². The van der Waals surface area contributed by atoms with Crippen molar-refractivity contribution in [2.75, 3.05) is 0 Å². The van der Waals surface area contributed by atoms with Crippen LogP contribution in [0.4, 0.5) is 0 Å². The molecule has 1 amide bonds. The molecule has 4 nitrogen and oxygen atoms in total. The van der Waals surface area contributed by atoms with Crippen LogP contribution >= 0.6 is 11.3 Å². The number of carbonyl (C=O) groups excluding carboxylic acids is 1. The fourth-order valence-corrected chi connectivity index (χ4v) is 3.22. The number of benzene rings is 2. The molecule has 0 radical (unpaired) electrons. The smallest absolute Gasteiger partial charge is 0.252 e. The summed E-state index contributed by atoms with van der Waals surface area (Å²) in [6.45, 7) is 2.38. The summed E-state index contributed by atoms with van der Waals surface area (Å²) in [5.41, 5.74) is 2.63. The Bertz CT molecular complexity index is 924. The maximum absolute atomic E-state index is 12.6. The Labute approximate surface area is 144 Å². The third kappa shape index (κ3) is 3.34. The van der Waals surface area contributed by atoms with Crippen molar-refractivity contribution in [3.63, 3.8) is 0 Å². The Morgan fingerprint density at radius 2 is 1.88 bits per heavy atom. The highest BCUT2D eigenvalue weighted by molar-refractivity contribution is 7.11. The number of aryl methyl sites for hydroxylation is 1. The second kappa shape index (κ2) is 7.07. The zero-order chi connectivity index (χ0) is 16.9. The minimum atomic E-state index is -0.163. The molecule has 24 heavy (non-hydrogen) atoms. The highest BCUT2D eigenvalue weighted by Gasteiger charge is 2.14. The van der Waals surface area contributed by atoms with Crippen LogP contribution in [0.3, 0.4) is 0 Å². The van der Waals surface area contributed by atoms with Gasteiger partial charge in [-0.3, -0.25) is 4.79 Å². The summed E-state index contributed by atoms with van der Waals surface area (Å²) in [6.07, 6.45) is 1.77. The van der Waals surface area contributed by atoms with Crippen LogP contribution in [0.15, 0.2) is 54.7 Å². The third-order valence-corrected chi connectivity index (χ3v) is 4.51. The van der Waals surface area contributed by atoms with Crippen molar-refractivity contribution in [1.29, 1.82) is 5.26 Å². The van der Waals surface area contributed by atoms with Gasteiger partial charge in [0.25, 0.3) is 5.91 Å². The molecule has 3 aromatic rings. The van der Waals surface area contributed by atoms with Gasteiger partial charge in [0.2, 0.25) is 0 Å². The van der Waals surface area contributed by atoms with Crippen molar-refractivity contribution in [3.8, 4) is 17.2 Å². The van der Waals surface area contributed by atoms with Crippen LogP contribution in [0.2, 0.25) is 0 Å². The van der Waals surface area contributed by atoms with Crippen molar-refractivity contribution in [2.45, 2.75) is 13.5 Å². The van der Waals surface area contributed by atoms with Crippen LogP contribution in [0, 0.1) is 18.3 Å². The molecule has 1 N–H and O–H groups in total. The standard InChI is InChI=1S/C19H15N3OS/c1-13-21-11-15(24-13)12-22-19(23)18-9-5-4-8-17(18)16-7-3-2-6-14(16)10-20/h2-9,11H,12H2,1H3,(H,22,23). The molecule has 0 atom stereocenters. The molecule has 0 aliphatic rings. The molecule has 118 valence electrons. The average molecular weight is 333 g/mol. The van der Waals surface area contributed by atoms with Gasteiger partial charge in [-0.05, 0) is 24.6 Å². The fraction of sp³-hybridized carbons (Fsp3) is 0.105. The van der Waals surface area contributed by atoms with E-state index in [1.165, 1.54) is 0 Å². The highest BCUT2D eigenvalue weighted by Crippen LogP contribution is 2.27. The molecule has 5 heteroatoms. The predicted molar refractivity (Wildman–Crippen MR) is 94.6 cm³/mol. The lowest BCUT2D eigenvalue weighted by molar-refractivity contribution is 0.0952. The summed E-state index contributed by atoms with van der Waals surface area (Å²) in [5.74, 6) is -0.163. The van der Waals surface area contributed by atoms with Crippen molar-refractivity contribution >= 4 is 17.2 Å². The zero-order valence-corrected chi connectivity index (χ0v) is 13.9. The summed E-state index contributed by atoms with van der Waals surface area (Å²) in [4.78, 5) is 17.8. The van der Waals surface area contributed by atoms with Crippen molar-refractivity contribution in [2.24, 2.45) is 0 Å². The number of nitrogens with zero attached hydrogens (tertiary/aromatic N) is 2. The topological polar surface area (TPSA) is 65.8 Å². The number of hydrogen-bond acceptors (Lipinski definition) is 4. The quantitative estimate of drug-likeness (QED) is 0.787. The molecule has 1 aromatic heterocycles. The van der Waals surface area contributed by atoms with E-state index < -0.39 is 0 Å². The van der Waals surface area contributed by atoms with Crippen molar-refractivity contribution < 1.29 is 4.79 Å². The largest absolute Gasteiger partial charge is 0.347 e. The minimum absolute atomic E-state index is 0.163. The van der Waals surface area contributed by atoms with Crippen LogP contribution in [0.25, 0.3) is 11.1 Å². The molecular weight excluding hydrogens is 318 g/mol. The molecule has 2 aromatic carbocycles. The van der Waals surface area contributed by atoms with Gasteiger partial charge in [-0.2, -0.15) is 5.26 Å². The third-order valence-electron chi connectivity index (χ3n) is 3.60. The molecule has 0 spiro atoms. The van der Waals surface area contributed by atoms with Crippen LogP contribution in [0.1, 0.15) is 25.8 Å². The van der Waals surface area contributed by atoms with Gasteiger partial charge < -0.3 is 5.32 Å². The lowest BCUT2D eigenvalue weighted by Crippen LogP contribution is -2.23. The summed E-state index contributed by atoms with van der Waals surface area (Å²) in [5, 5.41) is 13.2. The number of nitrogens with one attached hydrogen (secondary N) is 1. The van der Waals surface area contributed by atoms with Gasteiger partial charge in [0, 0.05) is 22.2 Å². The van der Waals surface area contributed by atoms with E-state index in [9.17, 15) is 10.1 Å². The van der Waals surface area contributed by atoms with Gasteiger partial charge in [0.05, 0.1) is 23.2 Å². The Morgan fingerprint density at radius 1 is 1.17 bits per heavy atom. The fourth-order valence-electron chi connectivity index (χ4n) is 2.48. The monoisotopic (exact) mass is 333 g/mol. The number of rotatable bonds is 4. The van der Waals surface area contributed by atoms with Gasteiger partial charge in [-0.15, -0.1) is 11.3 Å². The second-order valence-corrected chi connectivity index (χ2v) is 6.55. The molecule has 0 bridgehead atoms. The maximum Gasteiger partial charge on any atom is 0.252 e. The van der Waals surface area contributed by atoms with E-state index in [0.29, 0.717) is 17.7 Å². The predicted octanol–water partition coefficient (Wildman–Crippen LogP) is 3.92. The average Bonchev–Trinajstić information content (AvgIpc) is 3.05. The molecular formula is C19H15N3OS. The Kier molecular flexibility index (Phi) is 4.69. The van der Waals surface area contributed by atoms with Crippen LogP contribution in [-0.4, -0.2) is 10.9 Å². The minimum Gasteiger partial charge on any atom is -0.347 e. The van der Waals surface area contributed by atoms with E-state index in [0.717, 1.165) is 21.0 Å². The first-order valence-corrected chi connectivity index (χ1v) is 8.28. The number of aromatic nitrogens is 1. The molecule has 0 fully saturated rings. The van der Waals surface area contributed by atoms with Gasteiger partial charge in [0.15, 0.2) is 0 Å². The van der Waals surface area contributed by atoms with Crippen LogP contribution in [0.5, 0.6) is 0 Å². The van der Waals surface area contributed by atoms with Crippen molar-refractivity contribution in [3.05, 3.63) is 75.7 Å². The first kappa shape index (κ1) is 15.9. The van der Waals surface area contributed by atoms with Gasteiger partial charge in [-0.25, -0.2) is 4.98 Å². The molecule has 0 aliphatic carbocycles. The first-order chi connectivity index (χ1) is 11.7. The molecule has 0 saturated heterocycles. The zero-order valence-electron chi connectivity index (χ0n) is 13.1. The van der Waals surface area contributed by atoms with Crippen LogP contribution < -0.4 is 5.32 Å². The lowest BCUT2D eigenvalue weighted by atomic mass is 9.95. The van der Waals surface area contributed by atoms with Gasteiger partial charge >= 0.3 is 0 Å². The normalized spacial score (nSPS) is 10.2. The van der Waals surface area contributed by atoms with E-state index in [1.54, 1.807) is 29.7 Å². The molecule has 0 aliphatic heterocycles. The SMILES string of the molecule is Cc1ncc(CNC(=O)c2ccccc2-c2ccccc2C#N)s1. The number of nitriles is 1. The molecule has 1 heterocycles. The number of thiazole rings is 1. The Morgan fingerprint density at radius 3 is 2.58 bits per heavy atom. The summed E-state index contributed by atoms with van der Waals surface area (Å²) < 4.78 is 0. The first-order valence-electron chi connectivity index (χ1n) is 7.47. The van der Waals surface area contributed by atoms with Crippen molar-refractivity contribution in [1.82, 2.24) is 10.3 Å². The Balaban J connectivity index is 1.89. The van der Waals surface area contributed by atoms with E-state index in [1.807, 2.05) is 43.3 Å². The van der Waals surface area contributed by atoms with E-state index in [2.05, 4.69) is 16.4 Å². The highest BCUT2D eigenvalue weighted by atomic mass is 32.1. The van der Waals surface area contributed by atoms with E-state index >= 15 is 0 Å². The molecule has 0 saturated carbocycles. The molecule has 3 rings (SSSR count). The second-order valence-electron chi connectivity index (χ2n) is 5.23. The number of amides is 1. The number of hydrogen-bond donors (Lipinski definition) is 1. The summed E-state index contributed by atoms with van der Waals surface area (Å²) >= 11 is 1.56.